The molecule has 0 saturated carbocycles. The van der Waals surface area contributed by atoms with Crippen LogP contribution in [0.4, 0.5) is 0 Å². The first kappa shape index (κ1) is 14.5. The van der Waals surface area contributed by atoms with Crippen LogP contribution in [0.3, 0.4) is 0 Å². The Morgan fingerprint density at radius 1 is 1.47 bits per heavy atom. The van der Waals surface area contributed by atoms with Crippen LogP contribution in [0.5, 0.6) is 0 Å². The minimum absolute atomic E-state index is 0.0539. The molecule has 0 bridgehead atoms. The van der Waals surface area contributed by atoms with E-state index < -0.39 is 10.0 Å². The number of hydrogen-bond acceptors (Lipinski definition) is 4. The first-order valence-electron chi connectivity index (χ1n) is 6.68. The number of hydrogen-bond donors (Lipinski definition) is 2. The fourth-order valence-corrected chi connectivity index (χ4v) is 4.44. The predicted molar refractivity (Wildman–Crippen MR) is 73.3 cm³/mol. The molecular formula is C12H22N4O2S. The van der Waals surface area contributed by atoms with Crippen molar-refractivity contribution in [3.05, 3.63) is 11.3 Å². The number of nitrogens with one attached hydrogen (secondary N) is 2. The summed E-state index contributed by atoms with van der Waals surface area (Å²) in [6.07, 6.45) is 2.94. The van der Waals surface area contributed by atoms with Crippen LogP contribution >= 0.6 is 0 Å². The van der Waals surface area contributed by atoms with Crippen molar-refractivity contribution in [2.45, 2.75) is 50.7 Å². The molecule has 1 aromatic heterocycles. The van der Waals surface area contributed by atoms with Crippen LogP contribution in [0.1, 0.15) is 37.4 Å². The van der Waals surface area contributed by atoms with Gasteiger partial charge in [0.1, 0.15) is 0 Å². The molecule has 2 N–H and O–H groups in total. The van der Waals surface area contributed by atoms with Gasteiger partial charge in [0.2, 0.25) is 0 Å². The fraction of sp³-hybridized carbons (Fsp3) is 0.750. The van der Waals surface area contributed by atoms with Gasteiger partial charge in [-0.25, -0.2) is 8.42 Å². The molecule has 1 fully saturated rings. The lowest BCUT2D eigenvalue weighted by atomic mass is 10.1. The van der Waals surface area contributed by atoms with Gasteiger partial charge in [-0.1, -0.05) is 6.42 Å². The topological polar surface area (TPSA) is 78.1 Å². The van der Waals surface area contributed by atoms with Crippen molar-refractivity contribution in [1.29, 1.82) is 0 Å². The normalized spacial score (nSPS) is 21.7. The summed E-state index contributed by atoms with van der Waals surface area (Å²) >= 11 is 0. The van der Waals surface area contributed by atoms with Crippen molar-refractivity contribution in [3.8, 4) is 0 Å². The van der Waals surface area contributed by atoms with E-state index in [0.29, 0.717) is 13.1 Å². The highest BCUT2D eigenvalue weighted by atomic mass is 32.2. The summed E-state index contributed by atoms with van der Waals surface area (Å²) in [5, 5.41) is 9.98. The second-order valence-corrected chi connectivity index (χ2v) is 6.93. The van der Waals surface area contributed by atoms with Crippen LogP contribution in [0, 0.1) is 6.92 Å². The number of nitrogens with zero attached hydrogens (tertiary/aromatic N) is 2. The van der Waals surface area contributed by atoms with E-state index in [0.717, 1.165) is 30.5 Å². The number of sulfonamides is 1. The van der Waals surface area contributed by atoms with Crippen molar-refractivity contribution in [1.82, 2.24) is 19.8 Å². The third-order valence-electron chi connectivity index (χ3n) is 3.68. The Kier molecular flexibility index (Phi) is 4.27. The van der Waals surface area contributed by atoms with E-state index in [1.807, 2.05) is 13.8 Å². The Hall–Kier alpha value is -0.920. The Bertz CT molecular complexity index is 538. The largest absolute Gasteiger partial charge is 0.316 e. The molecule has 1 aromatic rings. The van der Waals surface area contributed by atoms with Crippen LogP contribution in [-0.4, -0.2) is 42.6 Å². The molecule has 0 aliphatic carbocycles. The van der Waals surface area contributed by atoms with Crippen LogP contribution in [0.2, 0.25) is 0 Å². The molecule has 1 aliphatic heterocycles. The van der Waals surface area contributed by atoms with Gasteiger partial charge >= 0.3 is 0 Å². The Balaban J connectivity index is 2.38. The van der Waals surface area contributed by atoms with Gasteiger partial charge in [-0.2, -0.15) is 9.40 Å². The summed E-state index contributed by atoms with van der Waals surface area (Å²) in [4.78, 5) is 0. The molecule has 7 heteroatoms. The monoisotopic (exact) mass is 286 g/mol. The molecule has 108 valence electrons. The highest BCUT2D eigenvalue weighted by molar-refractivity contribution is 7.89. The Morgan fingerprint density at radius 3 is 2.84 bits per heavy atom. The van der Waals surface area contributed by atoms with Crippen LogP contribution in [-0.2, 0) is 16.6 Å². The van der Waals surface area contributed by atoms with Gasteiger partial charge in [0.15, 0.2) is 5.03 Å². The molecule has 2 heterocycles. The molecule has 0 spiro atoms. The third kappa shape index (κ3) is 2.68. The van der Waals surface area contributed by atoms with E-state index in [-0.39, 0.29) is 11.1 Å². The van der Waals surface area contributed by atoms with E-state index in [9.17, 15) is 8.42 Å². The highest BCUT2D eigenvalue weighted by Crippen LogP contribution is 2.26. The third-order valence-corrected chi connectivity index (χ3v) is 5.67. The summed E-state index contributed by atoms with van der Waals surface area (Å²) in [6.45, 7) is 4.90. The SMILES string of the molecule is CNCc1c(S(=O)(=O)N2CCCCC2C)n[nH]c1C. The smallest absolute Gasteiger partial charge is 0.262 e. The number of aryl methyl sites for hydroxylation is 1. The average Bonchev–Trinajstić information content (AvgIpc) is 2.73. The first-order chi connectivity index (χ1) is 8.98. The Labute approximate surface area is 114 Å². The maximum atomic E-state index is 12.7. The van der Waals surface area contributed by atoms with Crippen molar-refractivity contribution in [3.63, 3.8) is 0 Å². The number of piperidine rings is 1. The lowest BCUT2D eigenvalue weighted by Crippen LogP contribution is -2.42. The van der Waals surface area contributed by atoms with E-state index >= 15 is 0 Å². The maximum Gasteiger partial charge on any atom is 0.262 e. The Morgan fingerprint density at radius 2 is 2.21 bits per heavy atom. The minimum Gasteiger partial charge on any atom is -0.316 e. The maximum absolute atomic E-state index is 12.7. The quantitative estimate of drug-likeness (QED) is 0.865. The average molecular weight is 286 g/mol. The summed E-state index contributed by atoms with van der Waals surface area (Å²) in [6, 6.07) is 0.0539. The van der Waals surface area contributed by atoms with Gasteiger partial charge < -0.3 is 5.32 Å². The highest BCUT2D eigenvalue weighted by Gasteiger charge is 2.34. The summed E-state index contributed by atoms with van der Waals surface area (Å²) in [7, 11) is -1.69. The molecule has 0 aromatic carbocycles. The summed E-state index contributed by atoms with van der Waals surface area (Å²) < 4.78 is 27.0. The lowest BCUT2D eigenvalue weighted by molar-refractivity contribution is 0.267. The van der Waals surface area contributed by atoms with E-state index in [4.69, 9.17) is 0 Å². The molecule has 0 amide bonds. The van der Waals surface area contributed by atoms with Crippen LogP contribution in [0.15, 0.2) is 5.03 Å². The summed E-state index contributed by atoms with van der Waals surface area (Å²) in [5.74, 6) is 0. The number of rotatable bonds is 4. The van der Waals surface area contributed by atoms with Crippen molar-refractivity contribution in [2.75, 3.05) is 13.6 Å². The first-order valence-corrected chi connectivity index (χ1v) is 8.12. The second kappa shape index (κ2) is 5.60. The van der Waals surface area contributed by atoms with Gasteiger partial charge in [0.05, 0.1) is 0 Å². The van der Waals surface area contributed by atoms with E-state index in [1.165, 1.54) is 0 Å². The lowest BCUT2D eigenvalue weighted by Gasteiger charge is -2.31. The summed E-state index contributed by atoms with van der Waals surface area (Å²) in [5.41, 5.74) is 1.54. The molecule has 1 aliphatic rings. The standard InChI is InChI=1S/C12H22N4O2S/c1-9-6-4-5-7-16(9)19(17,18)12-11(8-13-3)10(2)14-15-12/h9,13H,4-8H2,1-3H3,(H,14,15). The van der Waals surface area contributed by atoms with Crippen molar-refractivity contribution in [2.24, 2.45) is 0 Å². The second-order valence-electron chi connectivity index (χ2n) is 5.12. The van der Waals surface area contributed by atoms with Gasteiger partial charge in [-0.05, 0) is 33.7 Å². The van der Waals surface area contributed by atoms with E-state index in [2.05, 4.69) is 15.5 Å². The van der Waals surface area contributed by atoms with Crippen molar-refractivity contribution >= 4 is 10.0 Å². The number of aromatic nitrogens is 2. The molecule has 0 radical (unpaired) electrons. The molecule has 1 saturated heterocycles. The van der Waals surface area contributed by atoms with Crippen LogP contribution < -0.4 is 5.32 Å². The number of H-pyrrole nitrogens is 1. The minimum atomic E-state index is -3.49. The molecule has 6 nitrogen and oxygen atoms in total. The fourth-order valence-electron chi connectivity index (χ4n) is 2.57. The van der Waals surface area contributed by atoms with Crippen LogP contribution in [0.25, 0.3) is 0 Å². The zero-order valence-corrected chi connectivity index (χ0v) is 12.5. The predicted octanol–water partition coefficient (Wildman–Crippen LogP) is 1.00. The zero-order valence-electron chi connectivity index (χ0n) is 11.7. The van der Waals surface area contributed by atoms with Crippen molar-refractivity contribution < 1.29 is 8.42 Å². The number of aromatic amines is 1. The van der Waals surface area contributed by atoms with Gasteiger partial charge in [-0.3, -0.25) is 5.10 Å². The molecule has 1 atom stereocenters. The van der Waals surface area contributed by atoms with Gasteiger partial charge in [0, 0.05) is 30.4 Å². The molecular weight excluding hydrogens is 264 g/mol. The zero-order chi connectivity index (χ0) is 14.0. The molecule has 2 rings (SSSR count). The van der Waals surface area contributed by atoms with E-state index in [1.54, 1.807) is 11.4 Å². The molecule has 19 heavy (non-hydrogen) atoms. The van der Waals surface area contributed by atoms with Gasteiger partial charge in [0.25, 0.3) is 10.0 Å². The molecule has 1 unspecified atom stereocenters. The van der Waals surface area contributed by atoms with Gasteiger partial charge in [-0.15, -0.1) is 0 Å².